The summed E-state index contributed by atoms with van der Waals surface area (Å²) in [6.45, 7) is 0. The molecule has 74 valence electrons. The van der Waals surface area contributed by atoms with Crippen molar-refractivity contribution >= 4 is 34.2 Å². The maximum Gasteiger partial charge on any atom is 0.488 e. The van der Waals surface area contributed by atoms with E-state index >= 15 is 0 Å². The molecule has 1 aromatic rings. The van der Waals surface area contributed by atoms with Gasteiger partial charge in [0.05, 0.1) is 9.40 Å². The Morgan fingerprint density at radius 2 is 2.07 bits per heavy atom. The van der Waals surface area contributed by atoms with Crippen LogP contribution >= 0.6 is 15.9 Å². The van der Waals surface area contributed by atoms with Crippen molar-refractivity contribution in [2.75, 3.05) is 0 Å². The Morgan fingerprint density at radius 1 is 1.50 bits per heavy atom. The molecule has 0 spiro atoms. The van der Waals surface area contributed by atoms with E-state index < -0.39 is 23.5 Å². The van der Waals surface area contributed by atoms with Crippen LogP contribution in [0.25, 0.3) is 0 Å². The van der Waals surface area contributed by atoms with Gasteiger partial charge >= 0.3 is 12.8 Å². The molecule has 0 saturated carbocycles. The lowest BCUT2D eigenvalue weighted by molar-refractivity contribution is -0.388. The number of rotatable bonds is 2. The minimum absolute atomic E-state index is 0.134. The molecule has 0 bridgehead atoms. The molecule has 0 aromatic heterocycles. The molecular formula is C6H4BBrFNO4. The number of hydrogen-bond acceptors (Lipinski definition) is 4. The minimum atomic E-state index is -1.86. The monoisotopic (exact) mass is 263 g/mol. The molecule has 0 fully saturated rings. The molecule has 0 aliphatic carbocycles. The second-order valence-electron chi connectivity index (χ2n) is 2.46. The van der Waals surface area contributed by atoms with Crippen LogP contribution in [-0.4, -0.2) is 22.1 Å². The van der Waals surface area contributed by atoms with Gasteiger partial charge in [-0.15, -0.1) is 0 Å². The fraction of sp³-hybridized carbons (Fsp3) is 0. The molecule has 1 rings (SSSR count). The summed E-state index contributed by atoms with van der Waals surface area (Å²) in [5.74, 6) is -1.12. The highest BCUT2D eigenvalue weighted by molar-refractivity contribution is 9.10. The van der Waals surface area contributed by atoms with Crippen LogP contribution in [0.2, 0.25) is 0 Å². The highest BCUT2D eigenvalue weighted by Gasteiger charge is 2.23. The molecule has 0 amide bonds. The largest absolute Gasteiger partial charge is 0.488 e. The molecule has 0 unspecified atom stereocenters. The number of benzene rings is 1. The highest BCUT2D eigenvalue weighted by Crippen LogP contribution is 2.26. The van der Waals surface area contributed by atoms with Crippen molar-refractivity contribution in [2.45, 2.75) is 0 Å². The summed E-state index contributed by atoms with van der Waals surface area (Å²) in [5.41, 5.74) is -0.880. The zero-order valence-corrected chi connectivity index (χ0v) is 8.23. The second kappa shape index (κ2) is 4.03. The quantitative estimate of drug-likeness (QED) is 0.453. The van der Waals surface area contributed by atoms with Gasteiger partial charge < -0.3 is 10.0 Å². The third-order valence-electron chi connectivity index (χ3n) is 1.52. The number of hydrogen-bond donors (Lipinski definition) is 2. The fourth-order valence-electron chi connectivity index (χ4n) is 0.909. The van der Waals surface area contributed by atoms with Crippen molar-refractivity contribution in [3.8, 4) is 0 Å². The molecule has 1 aromatic carbocycles. The van der Waals surface area contributed by atoms with E-state index in [-0.39, 0.29) is 9.94 Å². The Kier molecular flexibility index (Phi) is 3.19. The first-order valence-corrected chi connectivity index (χ1v) is 4.22. The highest BCUT2D eigenvalue weighted by atomic mass is 79.9. The summed E-state index contributed by atoms with van der Waals surface area (Å²) < 4.78 is 12.9. The SMILES string of the molecule is O=[N+]([O-])c1c(F)cc(B(O)O)cc1Br. The molecule has 14 heavy (non-hydrogen) atoms. The molecule has 0 atom stereocenters. The van der Waals surface area contributed by atoms with Crippen molar-refractivity contribution in [3.05, 3.63) is 32.5 Å². The third-order valence-corrected chi connectivity index (χ3v) is 2.12. The Labute approximate surface area is 86.6 Å². The zero-order valence-electron chi connectivity index (χ0n) is 6.65. The van der Waals surface area contributed by atoms with Crippen LogP contribution in [0.15, 0.2) is 16.6 Å². The lowest BCUT2D eigenvalue weighted by atomic mass is 9.80. The van der Waals surface area contributed by atoms with Crippen LogP contribution in [0.4, 0.5) is 10.1 Å². The summed E-state index contributed by atoms with van der Waals surface area (Å²) in [6, 6.07) is 1.78. The van der Waals surface area contributed by atoms with Crippen molar-refractivity contribution in [1.29, 1.82) is 0 Å². The van der Waals surface area contributed by atoms with E-state index in [1.54, 1.807) is 0 Å². The summed E-state index contributed by atoms with van der Waals surface area (Å²) in [4.78, 5) is 9.44. The molecule has 8 heteroatoms. The van der Waals surface area contributed by atoms with Gasteiger partial charge in [-0.05, 0) is 33.5 Å². The predicted molar refractivity (Wildman–Crippen MR) is 50.6 cm³/mol. The number of nitrogens with zero attached hydrogens (tertiary/aromatic N) is 1. The van der Waals surface area contributed by atoms with Gasteiger partial charge in [0.1, 0.15) is 0 Å². The van der Waals surface area contributed by atoms with Gasteiger partial charge in [-0.3, -0.25) is 10.1 Å². The van der Waals surface area contributed by atoms with E-state index in [4.69, 9.17) is 10.0 Å². The number of nitro benzene ring substituents is 1. The van der Waals surface area contributed by atoms with Crippen molar-refractivity contribution in [3.63, 3.8) is 0 Å². The molecule has 0 aliphatic heterocycles. The number of halogens is 2. The average Bonchev–Trinajstić information content (AvgIpc) is 2.01. The molecule has 0 radical (unpaired) electrons. The van der Waals surface area contributed by atoms with E-state index in [1.165, 1.54) is 0 Å². The Hall–Kier alpha value is -0.985. The Morgan fingerprint density at radius 3 is 2.43 bits per heavy atom. The van der Waals surface area contributed by atoms with Gasteiger partial charge in [0.2, 0.25) is 5.82 Å². The van der Waals surface area contributed by atoms with Crippen molar-refractivity contribution < 1.29 is 19.4 Å². The topological polar surface area (TPSA) is 83.6 Å². The standard InChI is InChI=1S/C6H4BBrFNO4/c8-4-1-3(7(11)12)2-5(9)6(4)10(13)14/h1-2,11-12H. The lowest BCUT2D eigenvalue weighted by Gasteiger charge is -2.01. The molecule has 5 nitrogen and oxygen atoms in total. The maximum atomic E-state index is 13.0. The smallest absolute Gasteiger partial charge is 0.423 e. The number of nitro groups is 1. The first-order chi connectivity index (χ1) is 6.43. The van der Waals surface area contributed by atoms with Crippen LogP contribution in [-0.2, 0) is 0 Å². The van der Waals surface area contributed by atoms with Crippen molar-refractivity contribution in [1.82, 2.24) is 0 Å². The minimum Gasteiger partial charge on any atom is -0.423 e. The van der Waals surface area contributed by atoms with Crippen molar-refractivity contribution in [2.24, 2.45) is 0 Å². The van der Waals surface area contributed by atoms with Crippen LogP contribution in [0.1, 0.15) is 0 Å². The van der Waals surface area contributed by atoms with E-state index in [9.17, 15) is 14.5 Å². The van der Waals surface area contributed by atoms with Gasteiger partial charge in [-0.2, -0.15) is 4.39 Å². The molecule has 0 heterocycles. The maximum absolute atomic E-state index is 13.0. The summed E-state index contributed by atoms with van der Waals surface area (Å²) in [6.07, 6.45) is 0. The van der Waals surface area contributed by atoms with Gasteiger partial charge in [0, 0.05) is 0 Å². The van der Waals surface area contributed by atoms with Crippen LogP contribution in [0.3, 0.4) is 0 Å². The predicted octanol–water partition coefficient (Wildman–Crippen LogP) is 0.176. The third kappa shape index (κ3) is 2.09. The normalized spacial score (nSPS) is 10.0. The summed E-state index contributed by atoms with van der Waals surface area (Å²) in [7, 11) is -1.86. The molecule has 2 N–H and O–H groups in total. The van der Waals surface area contributed by atoms with E-state index in [0.717, 1.165) is 6.07 Å². The average molecular weight is 264 g/mol. The van der Waals surface area contributed by atoms with Crippen LogP contribution in [0.5, 0.6) is 0 Å². The van der Waals surface area contributed by atoms with Gasteiger partial charge in [-0.1, -0.05) is 0 Å². The Bertz CT molecular complexity index is 363. The second-order valence-corrected chi connectivity index (χ2v) is 3.32. The molecular weight excluding hydrogens is 260 g/mol. The van der Waals surface area contributed by atoms with E-state index in [0.29, 0.717) is 6.07 Å². The lowest BCUT2D eigenvalue weighted by Crippen LogP contribution is -2.30. The fourth-order valence-corrected chi connectivity index (χ4v) is 1.51. The van der Waals surface area contributed by atoms with E-state index in [2.05, 4.69) is 15.9 Å². The molecule has 0 aliphatic rings. The Balaban J connectivity index is 3.32. The first kappa shape index (κ1) is 11.1. The zero-order chi connectivity index (χ0) is 10.9. The molecule has 0 saturated heterocycles. The van der Waals surface area contributed by atoms with Crippen LogP contribution < -0.4 is 5.46 Å². The summed E-state index contributed by atoms with van der Waals surface area (Å²) >= 11 is 2.76. The van der Waals surface area contributed by atoms with Gasteiger partial charge in [0.15, 0.2) is 0 Å². The van der Waals surface area contributed by atoms with Crippen LogP contribution in [0, 0.1) is 15.9 Å². The first-order valence-electron chi connectivity index (χ1n) is 3.43. The summed E-state index contributed by atoms with van der Waals surface area (Å²) in [5, 5.41) is 27.7. The van der Waals surface area contributed by atoms with Gasteiger partial charge in [0.25, 0.3) is 0 Å². The van der Waals surface area contributed by atoms with E-state index in [1.807, 2.05) is 0 Å². The van der Waals surface area contributed by atoms with Gasteiger partial charge in [-0.25, -0.2) is 0 Å².